The van der Waals surface area contributed by atoms with Crippen LogP contribution < -0.4 is 4.74 Å². The van der Waals surface area contributed by atoms with E-state index in [2.05, 4.69) is 5.10 Å². The van der Waals surface area contributed by atoms with Crippen molar-refractivity contribution in [1.29, 1.82) is 0 Å². The summed E-state index contributed by atoms with van der Waals surface area (Å²) < 4.78 is 5.19. The van der Waals surface area contributed by atoms with Crippen LogP contribution in [0.15, 0.2) is 23.3 Å². The van der Waals surface area contributed by atoms with E-state index in [1.54, 1.807) is 19.1 Å². The van der Waals surface area contributed by atoms with E-state index in [-0.39, 0.29) is 5.75 Å². The van der Waals surface area contributed by atoms with E-state index in [4.69, 9.17) is 9.84 Å². The highest BCUT2D eigenvalue weighted by atomic mass is 16.5. The van der Waals surface area contributed by atoms with Crippen LogP contribution in [-0.2, 0) is 0 Å². The molecule has 1 aromatic carbocycles. The van der Waals surface area contributed by atoms with Gasteiger partial charge in [-0.25, -0.2) is 9.80 Å². The molecular weight excluding hydrogens is 224 g/mol. The maximum atomic E-state index is 10.5. The van der Waals surface area contributed by atoms with Gasteiger partial charge in [0.15, 0.2) is 11.5 Å². The van der Waals surface area contributed by atoms with Gasteiger partial charge >= 0.3 is 6.09 Å². The second-order valence-corrected chi connectivity index (χ2v) is 3.21. The summed E-state index contributed by atoms with van der Waals surface area (Å²) in [5, 5.41) is 22.5. The predicted octanol–water partition coefficient (Wildman–Crippen LogP) is 1.73. The van der Waals surface area contributed by atoms with Gasteiger partial charge in [0, 0.05) is 7.05 Å². The zero-order valence-corrected chi connectivity index (χ0v) is 9.62. The molecule has 92 valence electrons. The number of hydrogen-bond donors (Lipinski definition) is 2. The minimum atomic E-state index is -1.15. The lowest BCUT2D eigenvalue weighted by Gasteiger charge is -2.07. The van der Waals surface area contributed by atoms with Crippen molar-refractivity contribution in [3.63, 3.8) is 0 Å². The number of carbonyl (C=O) groups is 1. The third kappa shape index (κ3) is 3.67. The van der Waals surface area contributed by atoms with Crippen molar-refractivity contribution in [2.75, 3.05) is 13.7 Å². The molecule has 0 saturated heterocycles. The lowest BCUT2D eigenvalue weighted by Crippen LogP contribution is -2.18. The maximum Gasteiger partial charge on any atom is 0.427 e. The van der Waals surface area contributed by atoms with Crippen molar-refractivity contribution in [2.45, 2.75) is 6.92 Å². The average Bonchev–Trinajstić information content (AvgIpc) is 2.29. The molecule has 0 aliphatic rings. The fourth-order valence-electron chi connectivity index (χ4n) is 1.08. The molecule has 1 aromatic rings. The Labute approximate surface area is 98.7 Å². The number of hydrogen-bond acceptors (Lipinski definition) is 4. The van der Waals surface area contributed by atoms with Gasteiger partial charge in [-0.2, -0.15) is 5.10 Å². The molecular formula is C11H14N2O4. The van der Waals surface area contributed by atoms with Gasteiger partial charge in [-0.15, -0.1) is 0 Å². The van der Waals surface area contributed by atoms with Crippen LogP contribution in [0.2, 0.25) is 0 Å². The van der Waals surface area contributed by atoms with Crippen LogP contribution in [0.1, 0.15) is 12.5 Å². The van der Waals surface area contributed by atoms with Crippen molar-refractivity contribution in [2.24, 2.45) is 5.10 Å². The highest BCUT2D eigenvalue weighted by Gasteiger charge is 2.04. The van der Waals surface area contributed by atoms with E-state index in [0.717, 1.165) is 5.01 Å². The van der Waals surface area contributed by atoms with Crippen molar-refractivity contribution in [3.05, 3.63) is 23.8 Å². The molecule has 0 fully saturated rings. The SMILES string of the molecule is CCOc1cc(C=NN(C)C(=O)O)ccc1O. The standard InChI is InChI=1S/C11H14N2O4/c1-3-17-10-6-8(4-5-9(10)14)7-12-13(2)11(15)16/h4-7,14H,3H2,1-2H3,(H,15,16). The lowest BCUT2D eigenvalue weighted by atomic mass is 10.2. The van der Waals surface area contributed by atoms with E-state index in [9.17, 15) is 9.90 Å². The lowest BCUT2D eigenvalue weighted by molar-refractivity contribution is 0.158. The fourth-order valence-corrected chi connectivity index (χ4v) is 1.08. The van der Waals surface area contributed by atoms with E-state index in [1.807, 2.05) is 0 Å². The first-order valence-electron chi connectivity index (χ1n) is 5.01. The third-order valence-electron chi connectivity index (χ3n) is 1.94. The summed E-state index contributed by atoms with van der Waals surface area (Å²) in [7, 11) is 1.32. The number of ether oxygens (including phenoxy) is 1. The topological polar surface area (TPSA) is 82.4 Å². The highest BCUT2D eigenvalue weighted by molar-refractivity contribution is 5.81. The first-order chi connectivity index (χ1) is 8.04. The molecule has 0 atom stereocenters. The largest absolute Gasteiger partial charge is 0.504 e. The Morgan fingerprint density at radius 1 is 1.59 bits per heavy atom. The molecule has 17 heavy (non-hydrogen) atoms. The van der Waals surface area contributed by atoms with Gasteiger partial charge in [0.25, 0.3) is 0 Å². The molecule has 0 spiro atoms. The Morgan fingerprint density at radius 2 is 2.29 bits per heavy atom. The number of rotatable bonds is 4. The van der Waals surface area contributed by atoms with Crippen LogP contribution in [0.4, 0.5) is 4.79 Å². The Hall–Kier alpha value is -2.24. The van der Waals surface area contributed by atoms with Crippen LogP contribution in [-0.4, -0.2) is 41.2 Å². The molecule has 0 saturated carbocycles. The summed E-state index contributed by atoms with van der Waals surface area (Å²) in [6, 6.07) is 4.65. The van der Waals surface area contributed by atoms with Crippen molar-refractivity contribution in [3.8, 4) is 11.5 Å². The number of benzene rings is 1. The minimum absolute atomic E-state index is 0.0376. The number of nitrogens with zero attached hydrogens (tertiary/aromatic N) is 2. The summed E-state index contributed by atoms with van der Waals surface area (Å²) in [6.45, 7) is 2.24. The molecule has 1 rings (SSSR count). The van der Waals surface area contributed by atoms with Gasteiger partial charge in [-0.1, -0.05) is 0 Å². The van der Waals surface area contributed by atoms with E-state index >= 15 is 0 Å². The molecule has 6 heteroatoms. The monoisotopic (exact) mass is 238 g/mol. The smallest absolute Gasteiger partial charge is 0.427 e. The van der Waals surface area contributed by atoms with E-state index < -0.39 is 6.09 Å². The van der Waals surface area contributed by atoms with Crippen molar-refractivity contribution < 1.29 is 19.7 Å². The molecule has 1 amide bonds. The van der Waals surface area contributed by atoms with Crippen molar-refractivity contribution in [1.82, 2.24) is 5.01 Å². The first-order valence-corrected chi connectivity index (χ1v) is 5.01. The number of phenols is 1. The first kappa shape index (κ1) is 12.8. The fraction of sp³-hybridized carbons (Fsp3) is 0.273. The van der Waals surface area contributed by atoms with E-state index in [1.165, 1.54) is 19.3 Å². The number of hydrazone groups is 1. The second kappa shape index (κ2) is 5.74. The zero-order valence-electron chi connectivity index (χ0n) is 9.62. The molecule has 6 nitrogen and oxygen atoms in total. The van der Waals surface area contributed by atoms with Crippen LogP contribution in [0.3, 0.4) is 0 Å². The van der Waals surface area contributed by atoms with E-state index in [0.29, 0.717) is 17.9 Å². The maximum absolute atomic E-state index is 10.5. The Kier molecular flexibility index (Phi) is 4.33. The number of phenolic OH excluding ortho intramolecular Hbond substituents is 1. The number of amides is 1. The van der Waals surface area contributed by atoms with Gasteiger partial charge < -0.3 is 14.9 Å². The molecule has 0 radical (unpaired) electrons. The van der Waals surface area contributed by atoms with Gasteiger partial charge in [0.1, 0.15) is 0 Å². The zero-order chi connectivity index (χ0) is 12.8. The van der Waals surface area contributed by atoms with Crippen LogP contribution in [0.25, 0.3) is 0 Å². The van der Waals surface area contributed by atoms with Crippen LogP contribution in [0.5, 0.6) is 11.5 Å². The summed E-state index contributed by atoms with van der Waals surface area (Å²) >= 11 is 0. The summed E-state index contributed by atoms with van der Waals surface area (Å²) in [5.74, 6) is 0.380. The Balaban J connectivity index is 2.85. The Morgan fingerprint density at radius 3 is 2.88 bits per heavy atom. The molecule has 0 heterocycles. The number of aromatic hydroxyl groups is 1. The van der Waals surface area contributed by atoms with Gasteiger partial charge in [0.2, 0.25) is 0 Å². The average molecular weight is 238 g/mol. The number of carboxylic acid groups (broad SMARTS) is 1. The van der Waals surface area contributed by atoms with Crippen LogP contribution in [0, 0.1) is 0 Å². The molecule has 0 aliphatic heterocycles. The van der Waals surface area contributed by atoms with Gasteiger partial charge in [0.05, 0.1) is 12.8 Å². The molecule has 0 aliphatic carbocycles. The summed E-state index contributed by atoms with van der Waals surface area (Å²) in [5.41, 5.74) is 0.638. The Bertz CT molecular complexity index is 431. The van der Waals surface area contributed by atoms with Crippen LogP contribution >= 0.6 is 0 Å². The molecule has 0 bridgehead atoms. The summed E-state index contributed by atoms with van der Waals surface area (Å²) in [6.07, 6.45) is 0.223. The third-order valence-corrected chi connectivity index (χ3v) is 1.94. The predicted molar refractivity (Wildman–Crippen MR) is 62.7 cm³/mol. The van der Waals surface area contributed by atoms with Gasteiger partial charge in [-0.3, -0.25) is 0 Å². The van der Waals surface area contributed by atoms with Crippen molar-refractivity contribution >= 4 is 12.3 Å². The molecule has 0 aromatic heterocycles. The molecule has 0 unspecified atom stereocenters. The van der Waals surface area contributed by atoms with Gasteiger partial charge in [-0.05, 0) is 30.7 Å². The highest BCUT2D eigenvalue weighted by Crippen LogP contribution is 2.26. The second-order valence-electron chi connectivity index (χ2n) is 3.21. The summed E-state index contributed by atoms with van der Waals surface area (Å²) in [4.78, 5) is 10.5. The minimum Gasteiger partial charge on any atom is -0.504 e. The molecule has 2 N–H and O–H groups in total. The normalized spacial score (nSPS) is 10.5. The quantitative estimate of drug-likeness (QED) is 0.618.